The van der Waals surface area contributed by atoms with E-state index in [0.29, 0.717) is 0 Å². The van der Waals surface area contributed by atoms with Crippen LogP contribution in [0.2, 0.25) is 0 Å². The van der Waals surface area contributed by atoms with Gasteiger partial charge >= 0.3 is 37.7 Å². The van der Waals surface area contributed by atoms with Crippen molar-refractivity contribution in [2.24, 2.45) is 0 Å². The SMILES string of the molecule is O=S(=O)([O-])[O-].O=S(O)O.[Ca+2]. The van der Waals surface area contributed by atoms with Gasteiger partial charge in [-0.15, -0.1) is 0 Å². The molecule has 0 bridgehead atoms. The van der Waals surface area contributed by atoms with E-state index in [9.17, 15) is 0 Å². The molecule has 0 atom stereocenters. The summed E-state index contributed by atoms with van der Waals surface area (Å²) >= 11 is -2.61. The second-order valence-electron chi connectivity index (χ2n) is 0.639. The van der Waals surface area contributed by atoms with E-state index in [-0.39, 0.29) is 37.7 Å². The normalized spacial score (nSPS) is 9.30. The third-order valence-corrected chi connectivity index (χ3v) is 0. The number of rotatable bonds is 0. The fraction of sp³-hybridized carbons (Fsp3) is 0. The monoisotopic (exact) mass is 218 g/mol. The molecule has 2 N–H and O–H groups in total. The Labute approximate surface area is 89.5 Å². The van der Waals surface area contributed by atoms with E-state index in [1.807, 2.05) is 0 Å². The summed E-state index contributed by atoms with van der Waals surface area (Å²) in [5.74, 6) is 0. The molecule has 10 heavy (non-hydrogen) atoms. The summed E-state index contributed by atoms with van der Waals surface area (Å²) in [5, 5.41) is 0. The van der Waals surface area contributed by atoms with Gasteiger partial charge in [0.2, 0.25) is 0 Å². The van der Waals surface area contributed by atoms with Crippen LogP contribution in [0.25, 0.3) is 0 Å². The van der Waals surface area contributed by atoms with Crippen molar-refractivity contribution < 1.29 is 30.8 Å². The Bertz CT molecular complexity index is 154. The summed E-state index contributed by atoms with van der Waals surface area (Å²) in [6.45, 7) is 0. The van der Waals surface area contributed by atoms with Crippen LogP contribution in [0.4, 0.5) is 0 Å². The summed E-state index contributed by atoms with van der Waals surface area (Å²) < 4.78 is 56.9. The first-order valence-electron chi connectivity index (χ1n) is 1.20. The smallest absolute Gasteiger partial charge is 0.759 e. The van der Waals surface area contributed by atoms with Crippen molar-refractivity contribution in [2.45, 2.75) is 0 Å². The van der Waals surface area contributed by atoms with Gasteiger partial charge in [-0.25, -0.2) is 0 Å². The van der Waals surface area contributed by atoms with Gasteiger partial charge in [-0.1, -0.05) is 0 Å². The van der Waals surface area contributed by atoms with Crippen LogP contribution in [0.3, 0.4) is 0 Å². The van der Waals surface area contributed by atoms with Crippen molar-refractivity contribution in [3.63, 3.8) is 0 Å². The van der Waals surface area contributed by atoms with Crippen LogP contribution in [-0.4, -0.2) is 68.6 Å². The van der Waals surface area contributed by atoms with Crippen LogP contribution in [0, 0.1) is 0 Å². The van der Waals surface area contributed by atoms with E-state index in [2.05, 4.69) is 0 Å². The molecule has 0 aromatic heterocycles. The van der Waals surface area contributed by atoms with Crippen molar-refractivity contribution in [3.05, 3.63) is 0 Å². The van der Waals surface area contributed by atoms with E-state index in [1.165, 1.54) is 0 Å². The minimum atomic E-state index is -5.17. The summed E-state index contributed by atoms with van der Waals surface area (Å²) in [6.07, 6.45) is 0. The zero-order valence-electron chi connectivity index (χ0n) is 4.46. The van der Waals surface area contributed by atoms with Crippen LogP contribution in [-0.2, 0) is 21.8 Å². The average Bonchev–Trinajstić information content (AvgIpc) is 1.19. The molecule has 0 radical (unpaired) electrons. The number of hydrogen-bond donors (Lipinski definition) is 2. The van der Waals surface area contributed by atoms with Crippen LogP contribution in [0.5, 0.6) is 0 Å². The van der Waals surface area contributed by atoms with Gasteiger partial charge in [-0.3, -0.25) is 17.5 Å². The molecule has 0 aromatic carbocycles. The molecular formula is H2CaO7S2. The minimum absolute atomic E-state index is 0. The third kappa shape index (κ3) is 430. The Hall–Kier alpha value is 1.20. The summed E-state index contributed by atoms with van der Waals surface area (Å²) in [6, 6.07) is 0. The van der Waals surface area contributed by atoms with Crippen LogP contribution < -0.4 is 0 Å². The van der Waals surface area contributed by atoms with Gasteiger partial charge in [0.25, 0.3) is 11.4 Å². The summed E-state index contributed by atoms with van der Waals surface area (Å²) in [7, 11) is -5.17. The molecule has 0 aromatic rings. The van der Waals surface area contributed by atoms with E-state index in [0.717, 1.165) is 0 Å². The average molecular weight is 218 g/mol. The third-order valence-electron chi connectivity index (χ3n) is 0. The molecule has 7 nitrogen and oxygen atoms in total. The van der Waals surface area contributed by atoms with E-state index < -0.39 is 21.8 Å². The van der Waals surface area contributed by atoms with Crippen molar-refractivity contribution in [1.29, 1.82) is 0 Å². The summed E-state index contributed by atoms with van der Waals surface area (Å²) in [4.78, 5) is 0. The zero-order chi connectivity index (χ0) is 8.08. The van der Waals surface area contributed by atoms with Crippen LogP contribution in [0.1, 0.15) is 0 Å². The maximum atomic E-state index is 8.67. The van der Waals surface area contributed by atoms with E-state index in [4.69, 9.17) is 30.8 Å². The second kappa shape index (κ2) is 8.30. The fourth-order valence-corrected chi connectivity index (χ4v) is 0. The Morgan fingerprint density at radius 2 is 1.20 bits per heavy atom. The second-order valence-corrected chi connectivity index (χ2v) is 1.92. The maximum Gasteiger partial charge on any atom is 2.00 e. The Balaban J connectivity index is -0.0000000910. The van der Waals surface area contributed by atoms with Gasteiger partial charge in [0.1, 0.15) is 0 Å². The number of hydrogen-bond acceptors (Lipinski definition) is 5. The van der Waals surface area contributed by atoms with Gasteiger partial charge < -0.3 is 9.11 Å². The molecule has 0 saturated carbocycles. The molecule has 0 fully saturated rings. The van der Waals surface area contributed by atoms with Gasteiger partial charge in [-0.05, 0) is 0 Å². The first-order valence-corrected chi connectivity index (χ1v) is 3.60. The fourth-order valence-electron chi connectivity index (χ4n) is 0. The zero-order valence-corrected chi connectivity index (χ0v) is 8.30. The Morgan fingerprint density at radius 3 is 1.20 bits per heavy atom. The first kappa shape index (κ1) is 17.3. The standard InChI is InChI=1S/Ca.H2O4S.H2O3S/c;1-5(2,3)4;1-4(2)3/h;(H2,1,2,3,4);(H2,1,2,3)/q+2;;/p-2. The van der Waals surface area contributed by atoms with Crippen molar-refractivity contribution in [3.8, 4) is 0 Å². The minimum Gasteiger partial charge on any atom is -0.759 e. The van der Waals surface area contributed by atoms with Gasteiger partial charge in [-0.2, -0.15) is 4.21 Å². The molecule has 0 saturated heterocycles. The molecule has 0 spiro atoms. The maximum absolute atomic E-state index is 8.67. The largest absolute Gasteiger partial charge is 2.00 e. The van der Waals surface area contributed by atoms with Gasteiger partial charge in [0.15, 0.2) is 0 Å². The molecule has 0 aliphatic heterocycles. The van der Waals surface area contributed by atoms with Gasteiger partial charge in [0.05, 0.1) is 0 Å². The molecule has 10 heteroatoms. The van der Waals surface area contributed by atoms with Crippen LogP contribution >= 0.6 is 0 Å². The molecule has 58 valence electrons. The molecule has 0 heterocycles. The topological polar surface area (TPSA) is 138 Å². The van der Waals surface area contributed by atoms with E-state index in [1.54, 1.807) is 0 Å². The van der Waals surface area contributed by atoms with Crippen molar-refractivity contribution in [2.75, 3.05) is 0 Å². The first-order chi connectivity index (χ1) is 3.73. The van der Waals surface area contributed by atoms with Gasteiger partial charge in [0, 0.05) is 10.4 Å². The molecule has 0 amide bonds. The molecule has 0 aliphatic rings. The quantitative estimate of drug-likeness (QED) is 0.207. The predicted octanol–water partition coefficient (Wildman–Crippen LogP) is -2.04. The Morgan fingerprint density at radius 1 is 1.20 bits per heavy atom. The summed E-state index contributed by atoms with van der Waals surface area (Å²) in [5.41, 5.74) is 0. The molecule has 0 aliphatic carbocycles. The van der Waals surface area contributed by atoms with Crippen molar-refractivity contribution in [1.82, 2.24) is 0 Å². The predicted molar refractivity (Wildman–Crippen MR) is 29.6 cm³/mol. The molecular weight excluding hydrogens is 216 g/mol. The van der Waals surface area contributed by atoms with Crippen LogP contribution in [0.15, 0.2) is 0 Å². The Kier molecular flexibility index (Phi) is 14.4. The molecule has 0 unspecified atom stereocenters. The molecule has 0 rings (SSSR count). The van der Waals surface area contributed by atoms with E-state index >= 15 is 0 Å². The van der Waals surface area contributed by atoms with Crippen molar-refractivity contribution >= 4 is 59.5 Å².